The van der Waals surface area contributed by atoms with Crippen LogP contribution >= 0.6 is 11.6 Å². The van der Waals surface area contributed by atoms with E-state index in [0.717, 1.165) is 16.0 Å². The first-order valence-electron chi connectivity index (χ1n) is 10.4. The molecule has 0 unspecified atom stereocenters. The molecule has 3 aromatic rings. The van der Waals surface area contributed by atoms with Gasteiger partial charge in [0.25, 0.3) is 11.8 Å². The highest BCUT2D eigenvalue weighted by Crippen LogP contribution is 2.32. The van der Waals surface area contributed by atoms with Gasteiger partial charge in [0, 0.05) is 11.8 Å². The summed E-state index contributed by atoms with van der Waals surface area (Å²) in [4.78, 5) is 39.2. The minimum atomic E-state index is -0.642. The molecule has 0 saturated carbocycles. The molecule has 0 saturated heterocycles. The monoisotopic (exact) mass is 476 g/mol. The second-order valence-corrected chi connectivity index (χ2v) is 8.03. The lowest BCUT2D eigenvalue weighted by atomic mass is 10.1. The molecule has 1 heterocycles. The van der Waals surface area contributed by atoms with Crippen LogP contribution in [0.15, 0.2) is 77.5 Å². The van der Waals surface area contributed by atoms with Gasteiger partial charge >= 0.3 is 5.97 Å². The van der Waals surface area contributed by atoms with Crippen molar-refractivity contribution in [2.24, 2.45) is 0 Å². The number of hydrogen-bond acceptors (Lipinski definition) is 6. The summed E-state index contributed by atoms with van der Waals surface area (Å²) in [5, 5.41) is 2.66. The largest absolute Gasteiger partial charge is 0.497 e. The molecule has 1 N–H and O–H groups in total. The van der Waals surface area contributed by atoms with E-state index in [2.05, 4.69) is 5.32 Å². The van der Waals surface area contributed by atoms with Crippen molar-refractivity contribution in [2.45, 2.75) is 13.8 Å². The number of methoxy groups -OCH3 is 1. The molecule has 0 spiro atoms. The van der Waals surface area contributed by atoms with Crippen molar-refractivity contribution in [1.29, 1.82) is 0 Å². The van der Waals surface area contributed by atoms with Crippen LogP contribution in [0.1, 0.15) is 21.5 Å². The summed E-state index contributed by atoms with van der Waals surface area (Å²) < 4.78 is 10.7. The number of ether oxygens (including phenoxy) is 2. The van der Waals surface area contributed by atoms with E-state index in [-0.39, 0.29) is 10.7 Å². The first-order chi connectivity index (χ1) is 16.3. The minimum absolute atomic E-state index is 0.0552. The van der Waals surface area contributed by atoms with E-state index in [9.17, 15) is 14.4 Å². The van der Waals surface area contributed by atoms with Gasteiger partial charge in [-0.2, -0.15) is 0 Å². The lowest BCUT2D eigenvalue weighted by Gasteiger charge is -2.16. The van der Waals surface area contributed by atoms with E-state index in [4.69, 9.17) is 21.1 Å². The number of anilines is 2. The number of esters is 1. The number of amides is 2. The van der Waals surface area contributed by atoms with Crippen molar-refractivity contribution in [2.75, 3.05) is 17.3 Å². The van der Waals surface area contributed by atoms with Crippen molar-refractivity contribution in [1.82, 2.24) is 0 Å². The molecule has 1 aliphatic rings. The third kappa shape index (κ3) is 4.38. The maximum Gasteiger partial charge on any atom is 0.343 e. The molecule has 34 heavy (non-hydrogen) atoms. The number of nitrogens with one attached hydrogen (secondary N) is 1. The molecular formula is C26H21ClN2O5. The normalized spacial score (nSPS) is 13.4. The minimum Gasteiger partial charge on any atom is -0.497 e. The SMILES string of the molecule is COc1cccc(N2C(=O)C(Cl)=C(Nc3ccc(C(=O)Oc4c(C)cccc4C)cc3)C2=O)c1. The zero-order chi connectivity index (χ0) is 24.4. The lowest BCUT2D eigenvalue weighted by molar-refractivity contribution is -0.120. The Morgan fingerprint density at radius 3 is 2.21 bits per heavy atom. The Morgan fingerprint density at radius 2 is 1.56 bits per heavy atom. The molecule has 7 nitrogen and oxygen atoms in total. The van der Waals surface area contributed by atoms with E-state index in [1.807, 2.05) is 32.0 Å². The van der Waals surface area contributed by atoms with Gasteiger partial charge in [0.05, 0.1) is 18.4 Å². The number of aryl methyl sites for hydroxylation is 2. The number of carbonyl (C=O) groups is 3. The number of hydrogen-bond donors (Lipinski definition) is 1. The van der Waals surface area contributed by atoms with Crippen LogP contribution in [0.5, 0.6) is 11.5 Å². The van der Waals surface area contributed by atoms with Gasteiger partial charge in [0.15, 0.2) is 0 Å². The molecule has 0 fully saturated rings. The van der Waals surface area contributed by atoms with E-state index in [1.54, 1.807) is 48.5 Å². The van der Waals surface area contributed by atoms with Gasteiger partial charge in [-0.25, -0.2) is 9.69 Å². The molecule has 1 aliphatic heterocycles. The van der Waals surface area contributed by atoms with Crippen molar-refractivity contribution < 1.29 is 23.9 Å². The molecule has 4 rings (SSSR count). The molecule has 0 aromatic heterocycles. The number of rotatable bonds is 6. The van der Waals surface area contributed by atoms with E-state index >= 15 is 0 Å². The van der Waals surface area contributed by atoms with Gasteiger partial charge in [0.2, 0.25) is 0 Å². The standard InChI is InChI=1S/C26H21ClN2O5/c1-15-6-4-7-16(2)23(15)34-26(32)17-10-12-18(13-11-17)28-22-21(27)24(30)29(25(22)31)19-8-5-9-20(14-19)33-3/h4-14,28H,1-3H3. The summed E-state index contributed by atoms with van der Waals surface area (Å²) in [5.74, 6) is -0.714. The van der Waals surface area contributed by atoms with Crippen LogP contribution in [0, 0.1) is 13.8 Å². The van der Waals surface area contributed by atoms with E-state index in [1.165, 1.54) is 7.11 Å². The highest BCUT2D eigenvalue weighted by molar-refractivity contribution is 6.53. The zero-order valence-electron chi connectivity index (χ0n) is 18.7. The lowest BCUT2D eigenvalue weighted by Crippen LogP contribution is -2.32. The van der Waals surface area contributed by atoms with Crippen LogP contribution in [0.4, 0.5) is 11.4 Å². The summed E-state index contributed by atoms with van der Waals surface area (Å²) in [6.45, 7) is 3.74. The maximum absolute atomic E-state index is 13.0. The predicted molar refractivity (Wildman–Crippen MR) is 129 cm³/mol. The summed E-state index contributed by atoms with van der Waals surface area (Å²) in [7, 11) is 1.49. The highest BCUT2D eigenvalue weighted by atomic mass is 35.5. The molecule has 172 valence electrons. The van der Waals surface area contributed by atoms with Crippen LogP contribution in [0.25, 0.3) is 0 Å². The molecule has 0 bridgehead atoms. The molecule has 3 aromatic carbocycles. The first kappa shape index (κ1) is 23.1. The van der Waals surface area contributed by atoms with Crippen LogP contribution in [-0.2, 0) is 9.59 Å². The van der Waals surface area contributed by atoms with Crippen LogP contribution in [0.3, 0.4) is 0 Å². The Balaban J connectivity index is 1.50. The summed E-state index contributed by atoms with van der Waals surface area (Å²) in [6.07, 6.45) is 0. The van der Waals surface area contributed by atoms with Crippen molar-refractivity contribution in [3.05, 3.63) is 94.1 Å². The molecule has 0 aliphatic carbocycles. The number of carbonyl (C=O) groups excluding carboxylic acids is 3. The average molecular weight is 477 g/mol. The van der Waals surface area contributed by atoms with Gasteiger partial charge in [-0.05, 0) is 61.4 Å². The fraction of sp³-hybridized carbons (Fsp3) is 0.115. The number of nitrogens with zero attached hydrogens (tertiary/aromatic N) is 1. The molecule has 0 atom stereocenters. The van der Waals surface area contributed by atoms with Gasteiger partial charge < -0.3 is 14.8 Å². The number of halogens is 1. The van der Waals surface area contributed by atoms with Gasteiger partial charge in [-0.1, -0.05) is 35.9 Å². The quantitative estimate of drug-likeness (QED) is 0.307. The second kappa shape index (κ2) is 9.41. The maximum atomic E-state index is 13.0. The number of para-hydroxylation sites is 1. The zero-order valence-corrected chi connectivity index (χ0v) is 19.5. The van der Waals surface area contributed by atoms with Gasteiger partial charge in [-0.3, -0.25) is 9.59 Å². The predicted octanol–water partition coefficient (Wildman–Crippen LogP) is 4.97. The van der Waals surface area contributed by atoms with Crippen LogP contribution in [0.2, 0.25) is 0 Å². The third-order valence-corrected chi connectivity index (χ3v) is 5.68. The van der Waals surface area contributed by atoms with E-state index < -0.39 is 17.8 Å². The van der Waals surface area contributed by atoms with Crippen molar-refractivity contribution in [3.8, 4) is 11.5 Å². The fourth-order valence-electron chi connectivity index (χ4n) is 3.54. The van der Waals surface area contributed by atoms with Gasteiger partial charge in [0.1, 0.15) is 22.2 Å². The van der Waals surface area contributed by atoms with Crippen molar-refractivity contribution >= 4 is 40.8 Å². The topological polar surface area (TPSA) is 84.9 Å². The summed E-state index contributed by atoms with van der Waals surface area (Å²) >= 11 is 6.19. The Bertz CT molecular complexity index is 1310. The molecule has 2 amide bonds. The molecule has 0 radical (unpaired) electrons. The molecular weight excluding hydrogens is 456 g/mol. The smallest absolute Gasteiger partial charge is 0.343 e. The number of benzene rings is 3. The average Bonchev–Trinajstić information content (AvgIpc) is 3.05. The Morgan fingerprint density at radius 1 is 0.912 bits per heavy atom. The first-order valence-corrected chi connectivity index (χ1v) is 10.8. The Hall–Kier alpha value is -4.10. The Labute approximate surface area is 201 Å². The summed E-state index contributed by atoms with van der Waals surface area (Å²) in [5.41, 5.74) is 2.82. The summed E-state index contributed by atoms with van der Waals surface area (Å²) in [6, 6.07) is 18.5. The fourth-order valence-corrected chi connectivity index (χ4v) is 3.75. The highest BCUT2D eigenvalue weighted by Gasteiger charge is 2.39. The van der Waals surface area contributed by atoms with Gasteiger partial charge in [-0.15, -0.1) is 0 Å². The Kier molecular flexibility index (Phi) is 6.38. The molecule has 8 heteroatoms. The van der Waals surface area contributed by atoms with Crippen LogP contribution < -0.4 is 19.7 Å². The van der Waals surface area contributed by atoms with Crippen LogP contribution in [-0.4, -0.2) is 24.9 Å². The second-order valence-electron chi connectivity index (χ2n) is 7.65. The number of imide groups is 1. The van der Waals surface area contributed by atoms with Crippen molar-refractivity contribution in [3.63, 3.8) is 0 Å². The van der Waals surface area contributed by atoms with E-state index in [0.29, 0.717) is 28.4 Å². The third-order valence-electron chi connectivity index (χ3n) is 5.33.